The first-order chi connectivity index (χ1) is 14.6. The van der Waals surface area contributed by atoms with Crippen LogP contribution in [-0.2, 0) is 0 Å². The number of benzene rings is 2. The van der Waals surface area contributed by atoms with E-state index in [1.54, 1.807) is 12.1 Å². The second-order valence-electron chi connectivity index (χ2n) is 7.49. The van der Waals surface area contributed by atoms with Gasteiger partial charge in [-0.2, -0.15) is 0 Å². The number of nitrogens with zero attached hydrogens (tertiary/aromatic N) is 3. The molecule has 0 aliphatic carbocycles. The monoisotopic (exact) mass is 411 g/mol. The third-order valence-corrected chi connectivity index (χ3v) is 5.36. The molecule has 1 amide bonds. The second kappa shape index (κ2) is 10.6. The Morgan fingerprint density at radius 1 is 0.967 bits per heavy atom. The molecule has 0 bridgehead atoms. The van der Waals surface area contributed by atoms with E-state index in [4.69, 9.17) is 4.74 Å². The number of piperazine rings is 1. The molecule has 2 aromatic carbocycles. The second-order valence-corrected chi connectivity index (χ2v) is 7.49. The number of non-ortho nitro benzene ring substituents is 1. The summed E-state index contributed by atoms with van der Waals surface area (Å²) >= 11 is 0. The van der Waals surface area contributed by atoms with E-state index < -0.39 is 4.92 Å². The van der Waals surface area contributed by atoms with Gasteiger partial charge >= 0.3 is 0 Å². The Morgan fingerprint density at radius 2 is 1.63 bits per heavy atom. The summed E-state index contributed by atoms with van der Waals surface area (Å²) in [5.74, 6) is 0.818. The van der Waals surface area contributed by atoms with Gasteiger partial charge < -0.3 is 14.5 Å². The van der Waals surface area contributed by atoms with E-state index in [9.17, 15) is 14.9 Å². The van der Waals surface area contributed by atoms with Crippen LogP contribution in [0, 0.1) is 10.1 Å². The Labute approximate surface area is 177 Å². The molecule has 1 heterocycles. The van der Waals surface area contributed by atoms with Crippen LogP contribution >= 0.6 is 0 Å². The fourth-order valence-electron chi connectivity index (χ4n) is 3.55. The summed E-state index contributed by atoms with van der Waals surface area (Å²) in [6, 6.07) is 13.9. The van der Waals surface area contributed by atoms with Crippen molar-refractivity contribution < 1.29 is 14.5 Å². The van der Waals surface area contributed by atoms with E-state index >= 15 is 0 Å². The van der Waals surface area contributed by atoms with Crippen molar-refractivity contribution in [3.05, 3.63) is 64.2 Å². The quantitative estimate of drug-likeness (QED) is 0.345. The van der Waals surface area contributed by atoms with Crippen LogP contribution in [0.1, 0.15) is 43.0 Å². The molecule has 1 aliphatic heterocycles. The summed E-state index contributed by atoms with van der Waals surface area (Å²) in [5.41, 5.74) is 1.69. The first-order valence-electron chi connectivity index (χ1n) is 10.6. The van der Waals surface area contributed by atoms with E-state index in [0.29, 0.717) is 38.3 Å². The highest BCUT2D eigenvalue weighted by atomic mass is 16.6. The van der Waals surface area contributed by atoms with Gasteiger partial charge in [0.2, 0.25) is 0 Å². The van der Waals surface area contributed by atoms with Crippen molar-refractivity contribution in [2.45, 2.75) is 32.6 Å². The summed E-state index contributed by atoms with van der Waals surface area (Å²) in [5, 5.41) is 10.8. The van der Waals surface area contributed by atoms with E-state index in [-0.39, 0.29) is 11.6 Å². The molecule has 0 radical (unpaired) electrons. The van der Waals surface area contributed by atoms with Crippen LogP contribution < -0.4 is 9.64 Å². The number of nitro groups is 1. The molecule has 0 unspecified atom stereocenters. The lowest BCUT2D eigenvalue weighted by molar-refractivity contribution is -0.384. The SMILES string of the molecule is CCCCCCOc1ccc(C(=O)N2CCN(c3ccc([N+](=O)[O-])cc3)CC2)cc1. The predicted molar refractivity (Wildman–Crippen MR) is 117 cm³/mol. The van der Waals surface area contributed by atoms with Crippen molar-refractivity contribution >= 4 is 17.3 Å². The van der Waals surface area contributed by atoms with Crippen molar-refractivity contribution in [1.29, 1.82) is 0 Å². The fraction of sp³-hybridized carbons (Fsp3) is 0.435. The maximum Gasteiger partial charge on any atom is 0.269 e. The van der Waals surface area contributed by atoms with Crippen molar-refractivity contribution in [3.8, 4) is 5.75 Å². The molecule has 7 nitrogen and oxygen atoms in total. The van der Waals surface area contributed by atoms with E-state index in [1.807, 2.05) is 29.2 Å². The highest BCUT2D eigenvalue weighted by Gasteiger charge is 2.22. The molecule has 0 atom stereocenters. The summed E-state index contributed by atoms with van der Waals surface area (Å²) in [4.78, 5) is 27.2. The molecule has 160 valence electrons. The van der Waals surface area contributed by atoms with Crippen LogP contribution in [0.25, 0.3) is 0 Å². The maximum absolute atomic E-state index is 12.8. The summed E-state index contributed by atoms with van der Waals surface area (Å²) in [6.07, 6.45) is 4.67. The molecule has 0 aromatic heterocycles. The van der Waals surface area contributed by atoms with Gasteiger partial charge in [0.1, 0.15) is 5.75 Å². The number of nitro benzene ring substituents is 1. The lowest BCUT2D eigenvalue weighted by Crippen LogP contribution is -2.48. The Balaban J connectivity index is 1.48. The molecule has 0 spiro atoms. The van der Waals surface area contributed by atoms with Crippen molar-refractivity contribution in [3.63, 3.8) is 0 Å². The van der Waals surface area contributed by atoms with Crippen molar-refractivity contribution in [1.82, 2.24) is 4.90 Å². The maximum atomic E-state index is 12.8. The van der Waals surface area contributed by atoms with Gasteiger partial charge in [-0.3, -0.25) is 14.9 Å². The summed E-state index contributed by atoms with van der Waals surface area (Å²) in [7, 11) is 0. The van der Waals surface area contributed by atoms with Gasteiger partial charge in [-0.15, -0.1) is 0 Å². The summed E-state index contributed by atoms with van der Waals surface area (Å²) < 4.78 is 5.75. The van der Waals surface area contributed by atoms with Crippen molar-refractivity contribution in [2.75, 3.05) is 37.7 Å². The number of amides is 1. The molecule has 2 aromatic rings. The number of anilines is 1. The van der Waals surface area contributed by atoms with E-state index in [2.05, 4.69) is 11.8 Å². The topological polar surface area (TPSA) is 75.9 Å². The van der Waals surface area contributed by atoms with Gasteiger partial charge in [-0.1, -0.05) is 26.2 Å². The van der Waals surface area contributed by atoms with Gasteiger partial charge in [0.15, 0.2) is 0 Å². The molecule has 0 saturated carbocycles. The molecule has 1 aliphatic rings. The summed E-state index contributed by atoms with van der Waals surface area (Å²) in [6.45, 7) is 5.52. The molecule has 30 heavy (non-hydrogen) atoms. The minimum Gasteiger partial charge on any atom is -0.494 e. The number of unbranched alkanes of at least 4 members (excludes halogenated alkanes) is 3. The highest BCUT2D eigenvalue weighted by Crippen LogP contribution is 2.21. The minimum absolute atomic E-state index is 0.0212. The third-order valence-electron chi connectivity index (χ3n) is 5.36. The number of ether oxygens (including phenoxy) is 1. The smallest absolute Gasteiger partial charge is 0.269 e. The zero-order valence-corrected chi connectivity index (χ0v) is 17.5. The zero-order chi connectivity index (χ0) is 21.3. The van der Waals surface area contributed by atoms with Crippen LogP contribution in [0.5, 0.6) is 5.75 Å². The van der Waals surface area contributed by atoms with Gasteiger partial charge in [-0.25, -0.2) is 0 Å². The molecule has 1 fully saturated rings. The van der Waals surface area contributed by atoms with Crippen LogP contribution in [0.3, 0.4) is 0 Å². The van der Waals surface area contributed by atoms with Crippen LogP contribution in [0.15, 0.2) is 48.5 Å². The molecule has 1 saturated heterocycles. The lowest BCUT2D eigenvalue weighted by atomic mass is 10.1. The van der Waals surface area contributed by atoms with Gasteiger partial charge in [0.25, 0.3) is 11.6 Å². The third kappa shape index (κ3) is 5.72. The van der Waals surface area contributed by atoms with Gasteiger partial charge in [-0.05, 0) is 42.8 Å². The standard InChI is InChI=1S/C23H29N3O4/c1-2-3-4-5-18-30-22-12-6-19(7-13-22)23(27)25-16-14-24(15-17-25)20-8-10-21(11-9-20)26(28)29/h6-13H,2-5,14-18H2,1H3. The largest absolute Gasteiger partial charge is 0.494 e. The van der Waals surface area contributed by atoms with E-state index in [0.717, 1.165) is 17.9 Å². The number of carbonyl (C=O) groups is 1. The normalized spacial score (nSPS) is 13.9. The molecule has 7 heteroatoms. The predicted octanol–water partition coefficient (Wildman–Crippen LogP) is 4.52. The molecule has 0 N–H and O–H groups in total. The molecule has 3 rings (SSSR count). The van der Waals surface area contributed by atoms with E-state index in [1.165, 1.54) is 31.4 Å². The van der Waals surface area contributed by atoms with Crippen LogP contribution in [-0.4, -0.2) is 48.5 Å². The van der Waals surface area contributed by atoms with Crippen molar-refractivity contribution in [2.24, 2.45) is 0 Å². The average Bonchev–Trinajstić information content (AvgIpc) is 2.79. The Hall–Kier alpha value is -3.09. The highest BCUT2D eigenvalue weighted by molar-refractivity contribution is 5.94. The minimum atomic E-state index is -0.400. The number of rotatable bonds is 9. The zero-order valence-electron chi connectivity index (χ0n) is 17.5. The Bertz CT molecular complexity index is 829. The molecular formula is C23H29N3O4. The number of hydrogen-bond acceptors (Lipinski definition) is 5. The first-order valence-corrected chi connectivity index (χ1v) is 10.6. The Kier molecular flexibility index (Phi) is 7.65. The lowest BCUT2D eigenvalue weighted by Gasteiger charge is -2.36. The fourth-order valence-corrected chi connectivity index (χ4v) is 3.55. The number of carbonyl (C=O) groups excluding carboxylic acids is 1. The average molecular weight is 412 g/mol. The van der Waals surface area contributed by atoms with Gasteiger partial charge in [0.05, 0.1) is 11.5 Å². The van der Waals surface area contributed by atoms with Crippen LogP contribution in [0.2, 0.25) is 0 Å². The first kappa shape index (κ1) is 21.6. The Morgan fingerprint density at radius 3 is 2.23 bits per heavy atom. The van der Waals surface area contributed by atoms with Gasteiger partial charge in [0, 0.05) is 49.6 Å². The number of hydrogen-bond donors (Lipinski definition) is 0. The van der Waals surface area contributed by atoms with Crippen LogP contribution in [0.4, 0.5) is 11.4 Å². The molecular weight excluding hydrogens is 382 g/mol.